The lowest BCUT2D eigenvalue weighted by Crippen LogP contribution is -2.19. The summed E-state index contributed by atoms with van der Waals surface area (Å²) in [4.78, 5) is 27.3. The third-order valence-electron chi connectivity index (χ3n) is 5.97. The average Bonchev–Trinajstić information content (AvgIpc) is 2.93. The van der Waals surface area contributed by atoms with E-state index in [4.69, 9.17) is 9.47 Å². The number of aryl methyl sites for hydroxylation is 2. The molecule has 4 aromatic carbocycles. The summed E-state index contributed by atoms with van der Waals surface area (Å²) in [6.07, 6.45) is 0. The van der Waals surface area contributed by atoms with E-state index in [-0.39, 0.29) is 11.8 Å². The predicted molar refractivity (Wildman–Crippen MR) is 154 cm³/mol. The Morgan fingerprint density at radius 1 is 0.763 bits per heavy atom. The molecule has 4 rings (SSSR count). The van der Waals surface area contributed by atoms with Crippen LogP contribution in [0.15, 0.2) is 95.9 Å². The van der Waals surface area contributed by atoms with Crippen LogP contribution >= 0.6 is 11.8 Å². The number of hydrogen-bond donors (Lipinski definition) is 2. The molecule has 0 radical (unpaired) electrons. The number of anilines is 2. The van der Waals surface area contributed by atoms with Crippen LogP contribution in [0.1, 0.15) is 32.3 Å². The molecule has 0 bridgehead atoms. The summed E-state index contributed by atoms with van der Waals surface area (Å²) in [6.45, 7) is 4.01. The molecule has 0 saturated carbocycles. The molecule has 0 spiro atoms. The van der Waals surface area contributed by atoms with Crippen LogP contribution in [-0.4, -0.2) is 26.0 Å². The van der Waals surface area contributed by atoms with Crippen molar-refractivity contribution in [2.75, 3.05) is 24.9 Å². The van der Waals surface area contributed by atoms with Gasteiger partial charge in [0.1, 0.15) is 5.25 Å². The molecule has 6 nitrogen and oxygen atoms in total. The Morgan fingerprint density at radius 2 is 1.53 bits per heavy atom. The maximum absolute atomic E-state index is 13.5. The molecule has 0 saturated heterocycles. The standard InChI is InChI=1S/C31H30N2O4S/c1-20-13-15-26(21(2)17-20)33-31(35)29(22-9-6-5-7-10-22)38-25-12-8-11-24(19-25)32-30(34)23-14-16-27(36-3)28(18-23)37-4/h5-19,29H,1-4H3,(H,32,34)(H,33,35). The number of thioether (sulfide) groups is 1. The first-order chi connectivity index (χ1) is 18.4. The van der Waals surface area contributed by atoms with Crippen LogP contribution in [0.2, 0.25) is 0 Å². The maximum atomic E-state index is 13.5. The molecule has 0 aliphatic carbocycles. The van der Waals surface area contributed by atoms with E-state index >= 15 is 0 Å². The summed E-state index contributed by atoms with van der Waals surface area (Å²) in [5.41, 5.74) is 4.89. The summed E-state index contributed by atoms with van der Waals surface area (Å²) in [5.74, 6) is 0.631. The lowest BCUT2D eigenvalue weighted by Gasteiger charge is -2.19. The predicted octanol–water partition coefficient (Wildman–Crippen LogP) is 7.05. The van der Waals surface area contributed by atoms with E-state index in [1.807, 2.05) is 86.6 Å². The molecule has 0 aliphatic heterocycles. The molecular formula is C31H30N2O4S. The molecule has 2 amide bonds. The van der Waals surface area contributed by atoms with Gasteiger partial charge in [-0.3, -0.25) is 9.59 Å². The Labute approximate surface area is 227 Å². The zero-order valence-corrected chi connectivity index (χ0v) is 22.6. The number of benzene rings is 4. The lowest BCUT2D eigenvalue weighted by atomic mass is 10.1. The monoisotopic (exact) mass is 526 g/mol. The first-order valence-corrected chi connectivity index (χ1v) is 13.0. The zero-order valence-electron chi connectivity index (χ0n) is 21.8. The first-order valence-electron chi connectivity index (χ1n) is 12.1. The average molecular weight is 527 g/mol. The number of amides is 2. The largest absolute Gasteiger partial charge is 0.493 e. The first kappa shape index (κ1) is 26.8. The van der Waals surface area contributed by atoms with Gasteiger partial charge in [-0.2, -0.15) is 0 Å². The van der Waals surface area contributed by atoms with Gasteiger partial charge in [0.2, 0.25) is 5.91 Å². The fraction of sp³-hybridized carbons (Fsp3) is 0.161. The van der Waals surface area contributed by atoms with Crippen molar-refractivity contribution in [1.82, 2.24) is 0 Å². The molecule has 2 N–H and O–H groups in total. The minimum Gasteiger partial charge on any atom is -0.493 e. The Kier molecular flexibility index (Phi) is 8.71. The second kappa shape index (κ2) is 12.3. The summed E-state index contributed by atoms with van der Waals surface area (Å²) in [6, 6.07) is 28.1. The van der Waals surface area contributed by atoms with Gasteiger partial charge in [0.15, 0.2) is 11.5 Å². The molecule has 38 heavy (non-hydrogen) atoms. The molecule has 1 atom stereocenters. The van der Waals surface area contributed by atoms with E-state index < -0.39 is 5.25 Å². The lowest BCUT2D eigenvalue weighted by molar-refractivity contribution is -0.115. The van der Waals surface area contributed by atoms with Crippen molar-refractivity contribution in [3.8, 4) is 11.5 Å². The molecular weight excluding hydrogens is 496 g/mol. The Balaban J connectivity index is 1.54. The van der Waals surface area contributed by atoms with Crippen LogP contribution in [0.25, 0.3) is 0 Å². The van der Waals surface area contributed by atoms with Crippen molar-refractivity contribution in [3.63, 3.8) is 0 Å². The zero-order chi connectivity index (χ0) is 27.1. The van der Waals surface area contributed by atoms with E-state index in [1.165, 1.54) is 18.9 Å². The van der Waals surface area contributed by atoms with E-state index in [0.29, 0.717) is 22.7 Å². The van der Waals surface area contributed by atoms with Gasteiger partial charge >= 0.3 is 0 Å². The van der Waals surface area contributed by atoms with E-state index in [9.17, 15) is 9.59 Å². The van der Waals surface area contributed by atoms with Crippen LogP contribution in [0.3, 0.4) is 0 Å². The van der Waals surface area contributed by atoms with Crippen molar-refractivity contribution in [2.24, 2.45) is 0 Å². The second-order valence-electron chi connectivity index (χ2n) is 8.77. The van der Waals surface area contributed by atoms with Gasteiger partial charge in [0.05, 0.1) is 14.2 Å². The quantitative estimate of drug-likeness (QED) is 0.229. The van der Waals surface area contributed by atoms with Crippen LogP contribution in [0.4, 0.5) is 11.4 Å². The molecule has 0 fully saturated rings. The van der Waals surface area contributed by atoms with Crippen LogP contribution in [0.5, 0.6) is 11.5 Å². The summed E-state index contributed by atoms with van der Waals surface area (Å²) in [7, 11) is 3.07. The van der Waals surface area contributed by atoms with Crippen molar-refractivity contribution < 1.29 is 19.1 Å². The fourth-order valence-corrected chi connectivity index (χ4v) is 5.10. The molecule has 0 aliphatic rings. The third-order valence-corrected chi connectivity index (χ3v) is 7.22. The number of carbonyl (C=O) groups is 2. The Bertz CT molecular complexity index is 1440. The smallest absolute Gasteiger partial charge is 0.255 e. The molecule has 1 unspecified atom stereocenters. The number of carbonyl (C=O) groups excluding carboxylic acids is 2. The topological polar surface area (TPSA) is 76.7 Å². The van der Waals surface area contributed by atoms with Crippen LogP contribution in [0, 0.1) is 13.8 Å². The van der Waals surface area contributed by atoms with E-state index in [0.717, 1.165) is 27.3 Å². The summed E-state index contributed by atoms with van der Waals surface area (Å²) >= 11 is 1.43. The number of rotatable bonds is 9. The highest BCUT2D eigenvalue weighted by molar-refractivity contribution is 8.00. The number of hydrogen-bond acceptors (Lipinski definition) is 5. The normalized spacial score (nSPS) is 11.4. The highest BCUT2D eigenvalue weighted by Gasteiger charge is 2.23. The maximum Gasteiger partial charge on any atom is 0.255 e. The highest BCUT2D eigenvalue weighted by atomic mass is 32.2. The summed E-state index contributed by atoms with van der Waals surface area (Å²) < 4.78 is 10.6. The van der Waals surface area contributed by atoms with Crippen molar-refractivity contribution >= 4 is 35.0 Å². The van der Waals surface area contributed by atoms with E-state index in [1.54, 1.807) is 25.3 Å². The number of ether oxygens (including phenoxy) is 2. The Hall–Kier alpha value is -4.23. The SMILES string of the molecule is COc1ccc(C(=O)Nc2cccc(SC(C(=O)Nc3ccc(C)cc3C)c3ccccc3)c2)cc1OC. The molecule has 7 heteroatoms. The van der Waals surface area contributed by atoms with Crippen molar-refractivity contribution in [2.45, 2.75) is 24.0 Å². The van der Waals surface area contributed by atoms with Gasteiger partial charge < -0.3 is 20.1 Å². The van der Waals surface area contributed by atoms with Crippen molar-refractivity contribution in [1.29, 1.82) is 0 Å². The Morgan fingerprint density at radius 3 is 2.24 bits per heavy atom. The van der Waals surface area contributed by atoms with E-state index in [2.05, 4.69) is 10.6 Å². The molecule has 0 heterocycles. The molecule has 4 aromatic rings. The number of nitrogens with one attached hydrogen (secondary N) is 2. The van der Waals surface area contributed by atoms with Crippen molar-refractivity contribution in [3.05, 3.63) is 113 Å². The van der Waals surface area contributed by atoms with Gasteiger partial charge in [-0.05, 0) is 67.4 Å². The molecule has 194 valence electrons. The van der Waals surface area contributed by atoms with Gasteiger partial charge in [0, 0.05) is 21.8 Å². The minimum absolute atomic E-state index is 0.118. The highest BCUT2D eigenvalue weighted by Crippen LogP contribution is 2.37. The van der Waals surface area contributed by atoms with Crippen LogP contribution < -0.4 is 20.1 Å². The minimum atomic E-state index is -0.492. The van der Waals surface area contributed by atoms with Gasteiger partial charge in [0.25, 0.3) is 5.91 Å². The fourth-order valence-electron chi connectivity index (χ4n) is 4.02. The second-order valence-corrected chi connectivity index (χ2v) is 9.95. The summed E-state index contributed by atoms with van der Waals surface area (Å²) in [5, 5.41) is 5.53. The third kappa shape index (κ3) is 6.55. The molecule has 0 aromatic heterocycles. The van der Waals surface area contributed by atoms with Gasteiger partial charge in [-0.25, -0.2) is 0 Å². The number of methoxy groups -OCH3 is 2. The van der Waals surface area contributed by atoms with Gasteiger partial charge in [-0.15, -0.1) is 11.8 Å². The van der Waals surface area contributed by atoms with Gasteiger partial charge in [-0.1, -0.05) is 54.1 Å². The van der Waals surface area contributed by atoms with Crippen LogP contribution in [-0.2, 0) is 4.79 Å².